The van der Waals surface area contributed by atoms with Gasteiger partial charge in [0.25, 0.3) is 10.0 Å². The van der Waals surface area contributed by atoms with E-state index in [1.807, 2.05) is 26.0 Å². The third-order valence-electron chi connectivity index (χ3n) is 4.92. The summed E-state index contributed by atoms with van der Waals surface area (Å²) in [5, 5.41) is 3.02. The van der Waals surface area contributed by atoms with Gasteiger partial charge in [0.05, 0.1) is 10.6 Å². The van der Waals surface area contributed by atoms with Gasteiger partial charge in [0.2, 0.25) is 5.91 Å². The summed E-state index contributed by atoms with van der Waals surface area (Å²) in [4.78, 5) is 13.1. The van der Waals surface area contributed by atoms with Gasteiger partial charge < -0.3 is 5.32 Å². The summed E-state index contributed by atoms with van der Waals surface area (Å²) in [7, 11) is -3.90. The van der Waals surface area contributed by atoms with Crippen molar-refractivity contribution in [2.75, 3.05) is 10.8 Å². The normalized spacial score (nSPS) is 12.6. The van der Waals surface area contributed by atoms with Gasteiger partial charge in [0, 0.05) is 5.54 Å². The summed E-state index contributed by atoms with van der Waals surface area (Å²) in [6.45, 7) is 14.1. The van der Waals surface area contributed by atoms with Gasteiger partial charge in [-0.25, -0.2) is 8.42 Å². The Balaban J connectivity index is 2.37. The number of amides is 1. The highest BCUT2D eigenvalue weighted by atomic mass is 32.2. The van der Waals surface area contributed by atoms with Crippen LogP contribution in [0.5, 0.6) is 0 Å². The Labute approximate surface area is 187 Å². The highest BCUT2D eigenvalue weighted by Crippen LogP contribution is 2.28. The van der Waals surface area contributed by atoms with Crippen molar-refractivity contribution < 1.29 is 13.2 Å². The van der Waals surface area contributed by atoms with Gasteiger partial charge in [-0.2, -0.15) is 0 Å². The van der Waals surface area contributed by atoms with E-state index < -0.39 is 15.6 Å². The van der Waals surface area contributed by atoms with Crippen LogP contribution in [0.15, 0.2) is 59.5 Å². The SMILES string of the molecule is CC(C)c1ccc(N(CC(=O)NC(C)(C)CC(C)(C)C)S(=O)(=O)c2ccccc2)cc1. The number of carbonyl (C=O) groups excluding carboxylic acids is 1. The van der Waals surface area contributed by atoms with Crippen LogP contribution in [0.25, 0.3) is 0 Å². The second-order valence-corrected chi connectivity index (χ2v) is 12.1. The molecule has 0 aliphatic rings. The number of hydrogen-bond acceptors (Lipinski definition) is 3. The molecule has 2 aromatic carbocycles. The van der Waals surface area contributed by atoms with Crippen molar-refractivity contribution >= 4 is 21.6 Å². The standard InChI is InChI=1S/C25H36N2O3S/c1-19(2)20-13-15-21(16-14-20)27(31(29,30)22-11-9-8-10-12-22)17-23(28)26-25(6,7)18-24(3,4)5/h8-16,19H,17-18H2,1-7H3,(H,26,28). The predicted octanol–water partition coefficient (Wildman–Crippen LogP) is 5.34. The third-order valence-corrected chi connectivity index (χ3v) is 6.70. The molecule has 0 saturated carbocycles. The first kappa shape index (κ1) is 24.9. The Morgan fingerprint density at radius 2 is 1.48 bits per heavy atom. The van der Waals surface area contributed by atoms with E-state index in [1.54, 1.807) is 42.5 Å². The van der Waals surface area contributed by atoms with E-state index in [0.717, 1.165) is 12.0 Å². The molecule has 31 heavy (non-hydrogen) atoms. The third kappa shape index (κ3) is 7.10. The van der Waals surface area contributed by atoms with Crippen LogP contribution in [-0.2, 0) is 14.8 Å². The summed E-state index contributed by atoms with van der Waals surface area (Å²) in [5.74, 6) is -0.00332. The zero-order chi connectivity index (χ0) is 23.4. The van der Waals surface area contributed by atoms with Gasteiger partial charge in [0.1, 0.15) is 6.54 Å². The van der Waals surface area contributed by atoms with E-state index in [1.165, 1.54) is 4.31 Å². The van der Waals surface area contributed by atoms with E-state index in [4.69, 9.17) is 0 Å². The van der Waals surface area contributed by atoms with Crippen molar-refractivity contribution in [3.8, 4) is 0 Å². The van der Waals surface area contributed by atoms with Crippen LogP contribution in [0.3, 0.4) is 0 Å². The van der Waals surface area contributed by atoms with E-state index in [-0.39, 0.29) is 22.8 Å². The maximum Gasteiger partial charge on any atom is 0.264 e. The van der Waals surface area contributed by atoms with Crippen molar-refractivity contribution in [1.29, 1.82) is 0 Å². The van der Waals surface area contributed by atoms with E-state index in [9.17, 15) is 13.2 Å². The van der Waals surface area contributed by atoms with Crippen LogP contribution >= 0.6 is 0 Å². The molecule has 0 aromatic heterocycles. The van der Waals surface area contributed by atoms with Crippen molar-refractivity contribution in [2.24, 2.45) is 5.41 Å². The number of nitrogens with zero attached hydrogens (tertiary/aromatic N) is 1. The minimum atomic E-state index is -3.90. The molecule has 5 nitrogen and oxygen atoms in total. The first-order valence-electron chi connectivity index (χ1n) is 10.7. The Hall–Kier alpha value is -2.34. The molecule has 170 valence electrons. The average Bonchev–Trinajstić information content (AvgIpc) is 2.64. The maximum atomic E-state index is 13.4. The van der Waals surface area contributed by atoms with Gasteiger partial charge >= 0.3 is 0 Å². The molecule has 2 aromatic rings. The fraction of sp³-hybridized carbons (Fsp3) is 0.480. The lowest BCUT2D eigenvalue weighted by Crippen LogP contribution is -2.50. The molecule has 0 bridgehead atoms. The topological polar surface area (TPSA) is 66.5 Å². The second kappa shape index (κ2) is 9.43. The number of anilines is 1. The first-order valence-corrected chi connectivity index (χ1v) is 12.1. The zero-order valence-electron chi connectivity index (χ0n) is 19.8. The molecular weight excluding hydrogens is 408 g/mol. The summed E-state index contributed by atoms with van der Waals surface area (Å²) in [5.41, 5.74) is 1.15. The lowest BCUT2D eigenvalue weighted by molar-refractivity contribution is -0.121. The molecule has 6 heteroatoms. The number of benzene rings is 2. The fourth-order valence-electron chi connectivity index (χ4n) is 3.98. The summed E-state index contributed by atoms with van der Waals surface area (Å²) in [6.07, 6.45) is 0.764. The Kier molecular flexibility index (Phi) is 7.58. The maximum absolute atomic E-state index is 13.4. The van der Waals surface area contributed by atoms with E-state index >= 15 is 0 Å². The van der Waals surface area contributed by atoms with Crippen LogP contribution in [0.1, 0.15) is 66.4 Å². The van der Waals surface area contributed by atoms with Crippen molar-refractivity contribution in [2.45, 2.75) is 71.2 Å². The van der Waals surface area contributed by atoms with Gasteiger partial charge in [-0.05, 0) is 61.4 Å². The van der Waals surface area contributed by atoms with Crippen molar-refractivity contribution in [1.82, 2.24) is 5.32 Å². The summed E-state index contributed by atoms with van der Waals surface area (Å²) >= 11 is 0. The molecule has 0 saturated heterocycles. The van der Waals surface area contributed by atoms with Crippen LogP contribution in [0.2, 0.25) is 0 Å². The quantitative estimate of drug-likeness (QED) is 0.598. The number of carbonyl (C=O) groups is 1. The van der Waals surface area contributed by atoms with E-state index in [0.29, 0.717) is 11.6 Å². The lowest BCUT2D eigenvalue weighted by Gasteiger charge is -2.34. The average molecular weight is 445 g/mol. The molecule has 1 amide bonds. The second-order valence-electron chi connectivity index (χ2n) is 10.2. The van der Waals surface area contributed by atoms with Gasteiger partial charge in [-0.1, -0.05) is 65.0 Å². The summed E-state index contributed by atoms with van der Waals surface area (Å²) in [6, 6.07) is 15.6. The molecule has 0 spiro atoms. The molecule has 0 heterocycles. The molecule has 0 aliphatic heterocycles. The molecule has 0 radical (unpaired) electrons. The largest absolute Gasteiger partial charge is 0.350 e. The Morgan fingerprint density at radius 1 is 0.935 bits per heavy atom. The van der Waals surface area contributed by atoms with Crippen molar-refractivity contribution in [3.63, 3.8) is 0 Å². The van der Waals surface area contributed by atoms with Gasteiger partial charge in [-0.15, -0.1) is 0 Å². The number of sulfonamides is 1. The van der Waals surface area contributed by atoms with Crippen LogP contribution in [-0.4, -0.2) is 26.4 Å². The molecule has 1 N–H and O–H groups in total. The number of hydrogen-bond donors (Lipinski definition) is 1. The minimum Gasteiger partial charge on any atom is -0.350 e. The smallest absolute Gasteiger partial charge is 0.264 e. The number of nitrogens with one attached hydrogen (secondary N) is 1. The Bertz CT molecular complexity index is 974. The molecular formula is C25H36N2O3S. The fourth-order valence-corrected chi connectivity index (χ4v) is 5.42. The predicted molar refractivity (Wildman–Crippen MR) is 128 cm³/mol. The molecule has 0 unspecified atom stereocenters. The van der Waals surface area contributed by atoms with Crippen molar-refractivity contribution in [3.05, 3.63) is 60.2 Å². The lowest BCUT2D eigenvalue weighted by atomic mass is 9.82. The van der Waals surface area contributed by atoms with Gasteiger partial charge in [0.15, 0.2) is 0 Å². The zero-order valence-corrected chi connectivity index (χ0v) is 20.6. The highest BCUT2D eigenvalue weighted by molar-refractivity contribution is 7.92. The molecule has 2 rings (SSSR count). The van der Waals surface area contributed by atoms with Gasteiger partial charge in [-0.3, -0.25) is 9.10 Å². The minimum absolute atomic E-state index is 0.0270. The highest BCUT2D eigenvalue weighted by Gasteiger charge is 2.31. The number of rotatable bonds is 8. The molecule has 0 fully saturated rings. The van der Waals surface area contributed by atoms with Crippen LogP contribution < -0.4 is 9.62 Å². The van der Waals surface area contributed by atoms with E-state index in [2.05, 4.69) is 39.9 Å². The van der Waals surface area contributed by atoms with Crippen LogP contribution in [0.4, 0.5) is 5.69 Å². The first-order chi connectivity index (χ1) is 14.2. The van der Waals surface area contributed by atoms with Crippen LogP contribution in [0, 0.1) is 5.41 Å². The molecule has 0 aliphatic carbocycles. The summed E-state index contributed by atoms with van der Waals surface area (Å²) < 4.78 is 28.0. The monoisotopic (exact) mass is 444 g/mol. The molecule has 0 atom stereocenters. The Morgan fingerprint density at radius 3 is 1.97 bits per heavy atom.